The molecule has 2 aromatic rings. The van der Waals surface area contributed by atoms with Crippen molar-refractivity contribution in [1.82, 2.24) is 15.6 Å². The molecule has 178 valence electrons. The van der Waals surface area contributed by atoms with Gasteiger partial charge in [-0.05, 0) is 56.2 Å². The van der Waals surface area contributed by atoms with Crippen LogP contribution in [0.4, 0.5) is 5.69 Å². The highest BCUT2D eigenvalue weighted by Gasteiger charge is 2.30. The number of rotatable bonds is 12. The van der Waals surface area contributed by atoms with Crippen LogP contribution in [0.5, 0.6) is 5.75 Å². The van der Waals surface area contributed by atoms with Crippen molar-refractivity contribution in [3.05, 3.63) is 48.8 Å². The van der Waals surface area contributed by atoms with E-state index in [0.29, 0.717) is 18.0 Å². The van der Waals surface area contributed by atoms with Gasteiger partial charge in [-0.1, -0.05) is 0 Å². The number of nitrogens with zero attached hydrogens (tertiary/aromatic N) is 2. The number of ether oxygens (including phenoxy) is 1. The lowest BCUT2D eigenvalue weighted by molar-refractivity contribution is -0.136. The zero-order valence-electron chi connectivity index (χ0n) is 18.3. The zero-order chi connectivity index (χ0) is 23.7. The maximum atomic E-state index is 13.1. The van der Waals surface area contributed by atoms with Crippen LogP contribution in [0.3, 0.4) is 0 Å². The second-order valence-electron chi connectivity index (χ2n) is 7.67. The lowest BCUT2D eigenvalue weighted by Gasteiger charge is -2.23. The minimum absolute atomic E-state index is 0.00811. The van der Waals surface area contributed by atoms with E-state index in [1.54, 1.807) is 30.5 Å². The number of anilines is 1. The average molecular weight is 476 g/mol. The fourth-order valence-corrected chi connectivity index (χ4v) is 4.74. The molecule has 0 saturated heterocycles. The molecule has 1 aromatic carbocycles. The van der Waals surface area contributed by atoms with E-state index in [0.717, 1.165) is 19.4 Å². The van der Waals surface area contributed by atoms with Crippen LogP contribution >= 0.6 is 0 Å². The molecule has 0 spiro atoms. The summed E-state index contributed by atoms with van der Waals surface area (Å²) in [6.07, 6.45) is 5.87. The van der Waals surface area contributed by atoms with Crippen LogP contribution in [0, 0.1) is 0 Å². The van der Waals surface area contributed by atoms with E-state index in [9.17, 15) is 18.3 Å². The number of hydrogen-bond acceptors (Lipinski definition) is 9. The van der Waals surface area contributed by atoms with Gasteiger partial charge in [0.25, 0.3) is 0 Å². The van der Waals surface area contributed by atoms with E-state index < -0.39 is 27.6 Å². The van der Waals surface area contributed by atoms with Crippen molar-refractivity contribution in [1.29, 1.82) is 0 Å². The Morgan fingerprint density at radius 2 is 2.09 bits per heavy atom. The minimum Gasteiger partial charge on any atom is -0.494 e. The molecule has 3 unspecified atom stereocenters. The maximum Gasteiger partial charge on any atom is 0.306 e. The lowest BCUT2D eigenvalue weighted by Crippen LogP contribution is -2.47. The zero-order valence-corrected chi connectivity index (χ0v) is 19.2. The van der Waals surface area contributed by atoms with Gasteiger partial charge in [-0.3, -0.25) is 25.4 Å². The Labute approximate surface area is 193 Å². The molecule has 0 fully saturated rings. The Morgan fingerprint density at radius 1 is 1.30 bits per heavy atom. The van der Waals surface area contributed by atoms with Crippen LogP contribution in [-0.4, -0.2) is 61.5 Å². The molecule has 0 bridgehead atoms. The van der Waals surface area contributed by atoms with Crippen LogP contribution in [-0.2, 0) is 14.6 Å². The topological polar surface area (TPSA) is 142 Å². The molecule has 11 heteroatoms. The SMILES string of the molecule is CC(CCOc1ccc(S(=O)(=O)C(CC(=O)O)Nc2cccnc2)cc1)NC1N=CCCN1. The summed E-state index contributed by atoms with van der Waals surface area (Å²) < 4.78 is 31.9. The molecule has 3 atom stereocenters. The van der Waals surface area contributed by atoms with Crippen LogP contribution in [0.15, 0.2) is 58.7 Å². The highest BCUT2D eigenvalue weighted by Crippen LogP contribution is 2.23. The molecule has 33 heavy (non-hydrogen) atoms. The monoisotopic (exact) mass is 475 g/mol. The minimum atomic E-state index is -3.97. The molecule has 1 aliphatic rings. The second kappa shape index (κ2) is 11.7. The van der Waals surface area contributed by atoms with Crippen molar-refractivity contribution < 1.29 is 23.1 Å². The van der Waals surface area contributed by atoms with Crippen molar-refractivity contribution in [2.75, 3.05) is 18.5 Å². The van der Waals surface area contributed by atoms with E-state index in [2.05, 4.69) is 25.9 Å². The molecular formula is C22H29N5O5S. The number of pyridine rings is 1. The first-order valence-electron chi connectivity index (χ1n) is 10.7. The molecule has 10 nitrogen and oxygen atoms in total. The van der Waals surface area contributed by atoms with E-state index in [4.69, 9.17) is 4.74 Å². The van der Waals surface area contributed by atoms with Gasteiger partial charge in [-0.2, -0.15) is 0 Å². The van der Waals surface area contributed by atoms with Gasteiger partial charge in [0.05, 0.1) is 23.6 Å². The number of benzene rings is 1. The second-order valence-corrected chi connectivity index (χ2v) is 9.80. The van der Waals surface area contributed by atoms with Gasteiger partial charge in [0.2, 0.25) is 0 Å². The maximum absolute atomic E-state index is 13.1. The van der Waals surface area contributed by atoms with Crippen LogP contribution < -0.4 is 20.7 Å². The van der Waals surface area contributed by atoms with Crippen molar-refractivity contribution in [2.45, 2.75) is 48.8 Å². The van der Waals surface area contributed by atoms with Gasteiger partial charge in [0, 0.05) is 31.2 Å². The first-order valence-corrected chi connectivity index (χ1v) is 12.3. The summed E-state index contributed by atoms with van der Waals surface area (Å²) >= 11 is 0. The van der Waals surface area contributed by atoms with E-state index in [1.165, 1.54) is 18.3 Å². The first-order chi connectivity index (χ1) is 15.8. The summed E-state index contributed by atoms with van der Waals surface area (Å²) in [4.78, 5) is 19.5. The highest BCUT2D eigenvalue weighted by atomic mass is 32.2. The fourth-order valence-electron chi connectivity index (χ4n) is 3.25. The molecule has 1 aliphatic heterocycles. The third-order valence-corrected chi connectivity index (χ3v) is 6.97. The number of aliphatic carboxylic acids is 1. The smallest absolute Gasteiger partial charge is 0.306 e. The molecule has 4 N–H and O–H groups in total. The summed E-state index contributed by atoms with van der Waals surface area (Å²) in [5.41, 5.74) is 0.420. The third kappa shape index (κ3) is 7.52. The quantitative estimate of drug-likeness (QED) is 0.362. The first kappa shape index (κ1) is 24.6. The van der Waals surface area contributed by atoms with Crippen LogP contribution in [0.25, 0.3) is 0 Å². The van der Waals surface area contributed by atoms with E-state index in [-0.39, 0.29) is 17.2 Å². The Bertz CT molecular complexity index is 1030. The van der Waals surface area contributed by atoms with Gasteiger partial charge >= 0.3 is 5.97 Å². The summed E-state index contributed by atoms with van der Waals surface area (Å²) in [5.74, 6) is -0.693. The lowest BCUT2D eigenvalue weighted by atomic mass is 10.2. The largest absolute Gasteiger partial charge is 0.494 e. The fraction of sp³-hybridized carbons (Fsp3) is 0.409. The van der Waals surface area contributed by atoms with Gasteiger partial charge in [0.1, 0.15) is 11.1 Å². The number of sulfone groups is 1. The molecule has 0 aliphatic carbocycles. The normalized spacial score (nSPS) is 17.8. The molecule has 3 rings (SSSR count). The number of aliphatic imine (C=N–C) groups is 1. The van der Waals surface area contributed by atoms with E-state index >= 15 is 0 Å². The van der Waals surface area contributed by atoms with Gasteiger partial charge in [0.15, 0.2) is 16.1 Å². The Kier molecular flexibility index (Phi) is 8.75. The predicted octanol–water partition coefficient (Wildman–Crippen LogP) is 1.86. The number of carbonyl (C=O) groups is 1. The molecule has 0 saturated carbocycles. The predicted molar refractivity (Wildman–Crippen MR) is 125 cm³/mol. The Balaban J connectivity index is 1.57. The summed E-state index contributed by atoms with van der Waals surface area (Å²) in [5, 5.41) is 17.2. The number of hydrogen-bond donors (Lipinski definition) is 4. The summed E-state index contributed by atoms with van der Waals surface area (Å²) in [7, 11) is -3.97. The summed E-state index contributed by atoms with van der Waals surface area (Å²) in [6, 6.07) is 9.42. The van der Waals surface area contributed by atoms with E-state index in [1.807, 2.05) is 13.1 Å². The highest BCUT2D eigenvalue weighted by molar-refractivity contribution is 7.92. The molecule has 0 amide bonds. The molecule has 2 heterocycles. The van der Waals surface area contributed by atoms with Crippen molar-refractivity contribution >= 4 is 27.7 Å². The third-order valence-electron chi connectivity index (χ3n) is 5.00. The molecular weight excluding hydrogens is 446 g/mol. The number of carboxylic acid groups (broad SMARTS) is 1. The van der Waals surface area contributed by atoms with Crippen molar-refractivity contribution in [2.24, 2.45) is 4.99 Å². The Hall–Kier alpha value is -3.02. The number of aromatic nitrogens is 1. The molecule has 1 aromatic heterocycles. The Morgan fingerprint density at radius 3 is 2.73 bits per heavy atom. The van der Waals surface area contributed by atoms with Crippen molar-refractivity contribution in [3.63, 3.8) is 0 Å². The molecule has 0 radical (unpaired) electrons. The average Bonchev–Trinajstić information content (AvgIpc) is 2.80. The summed E-state index contributed by atoms with van der Waals surface area (Å²) in [6.45, 7) is 3.38. The van der Waals surface area contributed by atoms with Gasteiger partial charge in [-0.15, -0.1) is 0 Å². The number of carboxylic acids is 1. The van der Waals surface area contributed by atoms with Crippen LogP contribution in [0.2, 0.25) is 0 Å². The van der Waals surface area contributed by atoms with Gasteiger partial charge < -0.3 is 15.2 Å². The standard InChI is InChI=1S/C22H29N5O5S/c1-16(26-22-24-11-3-12-25-22)9-13-32-18-5-7-19(8-6-18)33(30,31)20(14-21(28)29)27-17-4-2-10-23-15-17/h2,4-8,10-11,15-16,20,22,25-27H,3,9,12-14H2,1H3,(H,28,29). The number of nitrogens with one attached hydrogen (secondary N) is 3. The van der Waals surface area contributed by atoms with Crippen LogP contribution in [0.1, 0.15) is 26.2 Å². The van der Waals surface area contributed by atoms with Gasteiger partial charge in [-0.25, -0.2) is 8.42 Å². The van der Waals surface area contributed by atoms with Crippen molar-refractivity contribution in [3.8, 4) is 5.75 Å².